The maximum Gasteiger partial charge on any atom is 0.231 e. The van der Waals surface area contributed by atoms with Crippen molar-refractivity contribution in [3.05, 3.63) is 42.2 Å². The molecule has 29 heavy (non-hydrogen) atoms. The molecule has 2 heterocycles. The van der Waals surface area contributed by atoms with Crippen LogP contribution in [-0.2, 0) is 14.4 Å². The Hall–Kier alpha value is -3.62. The van der Waals surface area contributed by atoms with E-state index in [0.29, 0.717) is 22.9 Å². The second kappa shape index (κ2) is 7.42. The van der Waals surface area contributed by atoms with Gasteiger partial charge in [0.05, 0.1) is 11.6 Å². The third kappa shape index (κ3) is 3.84. The highest BCUT2D eigenvalue weighted by atomic mass is 19.1. The molecule has 1 unspecified atom stereocenters. The predicted octanol–water partition coefficient (Wildman–Crippen LogP) is 2.50. The minimum absolute atomic E-state index is 0.0280. The van der Waals surface area contributed by atoms with Gasteiger partial charge in [0.25, 0.3) is 0 Å². The second-order valence-corrected chi connectivity index (χ2v) is 6.81. The number of ether oxygens (including phenoxy) is 2. The van der Waals surface area contributed by atoms with Gasteiger partial charge in [-0.15, -0.1) is 0 Å². The van der Waals surface area contributed by atoms with E-state index in [1.165, 1.54) is 24.0 Å². The summed E-state index contributed by atoms with van der Waals surface area (Å²) in [5, 5.41) is 5.04. The van der Waals surface area contributed by atoms with Gasteiger partial charge >= 0.3 is 0 Å². The molecule has 0 aliphatic carbocycles. The standard InChI is InChI=1S/C20H18FN3O5/c1-11(25)22-16-7-13(2-4-15(16)21)23-20(27)12-6-19(26)24(9-12)14-3-5-17-18(8-14)29-10-28-17/h2-5,7-8,12H,6,9-10H2,1H3,(H,22,25)(H,23,27). The van der Waals surface area contributed by atoms with Crippen LogP contribution in [0.2, 0.25) is 0 Å². The SMILES string of the molecule is CC(=O)Nc1cc(NC(=O)C2CC(=O)N(c3ccc4c(c3)OCO4)C2)ccc1F. The summed E-state index contributed by atoms with van der Waals surface area (Å²) in [6.07, 6.45) is 0.0556. The normalized spacial score (nSPS) is 17.4. The van der Waals surface area contributed by atoms with Crippen molar-refractivity contribution in [3.8, 4) is 11.5 Å². The van der Waals surface area contributed by atoms with Crippen molar-refractivity contribution in [1.82, 2.24) is 0 Å². The first-order valence-corrected chi connectivity index (χ1v) is 8.99. The van der Waals surface area contributed by atoms with Crippen LogP contribution < -0.4 is 25.0 Å². The van der Waals surface area contributed by atoms with E-state index in [9.17, 15) is 18.8 Å². The van der Waals surface area contributed by atoms with Crippen molar-refractivity contribution in [2.45, 2.75) is 13.3 Å². The number of hydrogen-bond acceptors (Lipinski definition) is 5. The van der Waals surface area contributed by atoms with Crippen LogP contribution in [0.15, 0.2) is 36.4 Å². The summed E-state index contributed by atoms with van der Waals surface area (Å²) < 4.78 is 24.4. The zero-order valence-electron chi connectivity index (χ0n) is 15.5. The first-order valence-electron chi connectivity index (χ1n) is 8.99. The third-order valence-corrected chi connectivity index (χ3v) is 4.71. The van der Waals surface area contributed by atoms with E-state index in [-0.39, 0.29) is 37.3 Å². The number of nitrogens with one attached hydrogen (secondary N) is 2. The molecule has 150 valence electrons. The zero-order chi connectivity index (χ0) is 20.5. The number of carbonyl (C=O) groups excluding carboxylic acids is 3. The van der Waals surface area contributed by atoms with Crippen LogP contribution in [0, 0.1) is 11.7 Å². The first-order chi connectivity index (χ1) is 13.9. The predicted molar refractivity (Wildman–Crippen MR) is 102 cm³/mol. The van der Waals surface area contributed by atoms with Crippen molar-refractivity contribution < 1.29 is 28.2 Å². The number of amides is 3. The highest BCUT2D eigenvalue weighted by Gasteiger charge is 2.35. The number of hydrogen-bond donors (Lipinski definition) is 2. The summed E-state index contributed by atoms with van der Waals surface area (Å²) in [5.74, 6) is -0.969. The smallest absolute Gasteiger partial charge is 0.231 e. The second-order valence-electron chi connectivity index (χ2n) is 6.81. The molecule has 4 rings (SSSR count). The largest absolute Gasteiger partial charge is 0.454 e. The molecule has 1 saturated heterocycles. The number of anilines is 3. The Morgan fingerprint density at radius 3 is 2.69 bits per heavy atom. The average Bonchev–Trinajstić information content (AvgIpc) is 3.29. The Labute approximate surface area is 165 Å². The lowest BCUT2D eigenvalue weighted by Crippen LogP contribution is -2.28. The van der Waals surface area contributed by atoms with E-state index in [4.69, 9.17) is 9.47 Å². The molecule has 0 aromatic heterocycles. The molecule has 1 fully saturated rings. The first kappa shape index (κ1) is 18.7. The molecule has 8 nitrogen and oxygen atoms in total. The molecule has 9 heteroatoms. The van der Waals surface area contributed by atoms with Gasteiger partial charge in [-0.1, -0.05) is 0 Å². The summed E-state index contributed by atoms with van der Waals surface area (Å²) >= 11 is 0. The maximum absolute atomic E-state index is 13.8. The van der Waals surface area contributed by atoms with Gasteiger partial charge in [-0.3, -0.25) is 14.4 Å². The lowest BCUT2D eigenvalue weighted by molar-refractivity contribution is -0.122. The summed E-state index contributed by atoms with van der Waals surface area (Å²) in [6.45, 7) is 1.61. The van der Waals surface area contributed by atoms with Gasteiger partial charge in [-0.2, -0.15) is 0 Å². The van der Waals surface area contributed by atoms with E-state index < -0.39 is 17.6 Å². The fourth-order valence-electron chi connectivity index (χ4n) is 3.32. The molecule has 1 atom stereocenters. The quantitative estimate of drug-likeness (QED) is 0.824. The van der Waals surface area contributed by atoms with Crippen LogP contribution in [-0.4, -0.2) is 31.1 Å². The number of fused-ring (bicyclic) bond motifs is 1. The van der Waals surface area contributed by atoms with Gasteiger partial charge in [-0.25, -0.2) is 4.39 Å². The number of halogens is 1. The van der Waals surface area contributed by atoms with Crippen LogP contribution in [0.3, 0.4) is 0 Å². The summed E-state index contributed by atoms with van der Waals surface area (Å²) in [4.78, 5) is 37.8. The monoisotopic (exact) mass is 399 g/mol. The molecule has 0 saturated carbocycles. The Morgan fingerprint density at radius 1 is 1.10 bits per heavy atom. The van der Waals surface area contributed by atoms with E-state index in [1.54, 1.807) is 18.2 Å². The molecule has 2 aliphatic rings. The van der Waals surface area contributed by atoms with Crippen LogP contribution in [0.1, 0.15) is 13.3 Å². The van der Waals surface area contributed by atoms with Gasteiger partial charge < -0.3 is 25.0 Å². The number of carbonyl (C=O) groups is 3. The highest BCUT2D eigenvalue weighted by Crippen LogP contribution is 2.37. The molecule has 2 aromatic carbocycles. The molecular weight excluding hydrogens is 381 g/mol. The molecule has 3 amide bonds. The van der Waals surface area contributed by atoms with Crippen LogP contribution >= 0.6 is 0 Å². The Balaban J connectivity index is 1.45. The fraction of sp³-hybridized carbons (Fsp3) is 0.250. The van der Waals surface area contributed by atoms with E-state index >= 15 is 0 Å². The number of benzene rings is 2. The zero-order valence-corrected chi connectivity index (χ0v) is 15.5. The summed E-state index contributed by atoms with van der Waals surface area (Å²) in [7, 11) is 0. The van der Waals surface area contributed by atoms with Crippen LogP contribution in [0.5, 0.6) is 11.5 Å². The minimum atomic E-state index is -0.608. The molecule has 0 radical (unpaired) electrons. The Bertz CT molecular complexity index is 1010. The topological polar surface area (TPSA) is 97.0 Å². The van der Waals surface area contributed by atoms with Gasteiger partial charge in [0.1, 0.15) is 5.82 Å². The Kier molecular flexibility index (Phi) is 4.79. The van der Waals surface area contributed by atoms with E-state index in [0.717, 1.165) is 6.07 Å². The highest BCUT2D eigenvalue weighted by molar-refractivity contribution is 6.04. The third-order valence-electron chi connectivity index (χ3n) is 4.71. The van der Waals surface area contributed by atoms with Crippen molar-refractivity contribution in [2.75, 3.05) is 28.9 Å². The fourth-order valence-corrected chi connectivity index (χ4v) is 3.32. The average molecular weight is 399 g/mol. The molecular formula is C20H18FN3O5. The van der Waals surface area contributed by atoms with E-state index in [2.05, 4.69) is 10.6 Å². The van der Waals surface area contributed by atoms with Gasteiger partial charge in [0.15, 0.2) is 11.5 Å². The van der Waals surface area contributed by atoms with Gasteiger partial charge in [-0.05, 0) is 30.3 Å². The lowest BCUT2D eigenvalue weighted by atomic mass is 10.1. The molecule has 2 N–H and O–H groups in total. The molecule has 2 aliphatic heterocycles. The minimum Gasteiger partial charge on any atom is -0.454 e. The molecule has 0 spiro atoms. The van der Waals surface area contributed by atoms with Crippen molar-refractivity contribution in [3.63, 3.8) is 0 Å². The molecule has 0 bridgehead atoms. The van der Waals surface area contributed by atoms with Crippen molar-refractivity contribution in [2.24, 2.45) is 5.92 Å². The van der Waals surface area contributed by atoms with Gasteiger partial charge in [0, 0.05) is 37.3 Å². The van der Waals surface area contributed by atoms with Crippen molar-refractivity contribution >= 4 is 34.8 Å². The number of nitrogens with zero attached hydrogens (tertiary/aromatic N) is 1. The van der Waals surface area contributed by atoms with Crippen LogP contribution in [0.25, 0.3) is 0 Å². The Morgan fingerprint density at radius 2 is 1.90 bits per heavy atom. The van der Waals surface area contributed by atoms with Crippen LogP contribution in [0.4, 0.5) is 21.5 Å². The summed E-state index contributed by atoms with van der Waals surface area (Å²) in [5.41, 5.74) is 0.929. The van der Waals surface area contributed by atoms with Gasteiger partial charge in [0.2, 0.25) is 24.5 Å². The summed E-state index contributed by atoms with van der Waals surface area (Å²) in [6, 6.07) is 9.05. The molecule has 2 aromatic rings. The number of rotatable bonds is 4. The van der Waals surface area contributed by atoms with E-state index in [1.807, 2.05) is 0 Å². The lowest BCUT2D eigenvalue weighted by Gasteiger charge is -2.17. The van der Waals surface area contributed by atoms with Crippen molar-refractivity contribution in [1.29, 1.82) is 0 Å². The maximum atomic E-state index is 13.8.